The molecule has 3 N–H and O–H groups in total. The summed E-state index contributed by atoms with van der Waals surface area (Å²) in [6.07, 6.45) is 1.72. The summed E-state index contributed by atoms with van der Waals surface area (Å²) < 4.78 is 0. The molecule has 2 amide bonds. The molecule has 0 fully saturated rings. The van der Waals surface area contributed by atoms with Crippen molar-refractivity contribution in [2.24, 2.45) is 0 Å². The number of unbranched alkanes of at least 4 members (excludes halogenated alkanes) is 2. The standard InChI is InChI=1S/C19H22N2O3/c22-18(12-5-2-6-13-20-19(23)24)21-17-11-7-10-16(14-17)15-8-3-1-4-9-15/h1,3-4,7-11,14,20H,2,5-6,12-13H2,(H,21,22)(H,23,24). The van der Waals surface area contributed by atoms with Crippen molar-refractivity contribution in [3.05, 3.63) is 54.6 Å². The van der Waals surface area contributed by atoms with Crippen LogP contribution in [0.25, 0.3) is 11.1 Å². The van der Waals surface area contributed by atoms with Gasteiger partial charge in [-0.05, 0) is 36.1 Å². The third kappa shape index (κ3) is 6.12. The van der Waals surface area contributed by atoms with E-state index in [9.17, 15) is 9.59 Å². The lowest BCUT2D eigenvalue weighted by Gasteiger charge is -2.08. The van der Waals surface area contributed by atoms with Crippen LogP contribution >= 0.6 is 0 Å². The van der Waals surface area contributed by atoms with Crippen LogP contribution in [0.3, 0.4) is 0 Å². The minimum atomic E-state index is -1.01. The quantitative estimate of drug-likeness (QED) is 0.638. The summed E-state index contributed by atoms with van der Waals surface area (Å²) in [6.45, 7) is 0.427. The summed E-state index contributed by atoms with van der Waals surface area (Å²) >= 11 is 0. The summed E-state index contributed by atoms with van der Waals surface area (Å²) in [5, 5.41) is 13.7. The Balaban J connectivity index is 1.77. The third-order valence-electron chi connectivity index (χ3n) is 3.61. The average Bonchev–Trinajstić information content (AvgIpc) is 2.59. The Kier molecular flexibility index (Phi) is 6.83. The molecule has 0 radical (unpaired) electrons. The van der Waals surface area contributed by atoms with Gasteiger partial charge in [-0.25, -0.2) is 4.79 Å². The summed E-state index contributed by atoms with van der Waals surface area (Å²) in [5.41, 5.74) is 2.96. The third-order valence-corrected chi connectivity index (χ3v) is 3.61. The first-order valence-electron chi connectivity index (χ1n) is 8.07. The van der Waals surface area contributed by atoms with Crippen molar-refractivity contribution < 1.29 is 14.7 Å². The van der Waals surface area contributed by atoms with Gasteiger partial charge in [0.2, 0.25) is 5.91 Å². The van der Waals surface area contributed by atoms with E-state index in [0.29, 0.717) is 13.0 Å². The molecule has 24 heavy (non-hydrogen) atoms. The Labute approximate surface area is 141 Å². The number of hydrogen-bond acceptors (Lipinski definition) is 2. The van der Waals surface area contributed by atoms with E-state index in [0.717, 1.165) is 36.1 Å². The Morgan fingerprint density at radius 2 is 1.62 bits per heavy atom. The molecule has 0 spiro atoms. The first-order valence-corrected chi connectivity index (χ1v) is 8.07. The lowest BCUT2D eigenvalue weighted by atomic mass is 10.1. The molecule has 5 heteroatoms. The van der Waals surface area contributed by atoms with Crippen molar-refractivity contribution in [2.45, 2.75) is 25.7 Å². The SMILES string of the molecule is O=C(O)NCCCCCC(=O)Nc1cccc(-c2ccccc2)c1. The second kappa shape index (κ2) is 9.35. The first kappa shape index (κ1) is 17.5. The van der Waals surface area contributed by atoms with Crippen LogP contribution in [0.1, 0.15) is 25.7 Å². The Morgan fingerprint density at radius 1 is 0.875 bits per heavy atom. The Hall–Kier alpha value is -2.82. The second-order valence-corrected chi connectivity index (χ2v) is 5.54. The largest absolute Gasteiger partial charge is 0.465 e. The van der Waals surface area contributed by atoms with E-state index in [1.165, 1.54) is 0 Å². The molecule has 0 aromatic heterocycles. The molecule has 5 nitrogen and oxygen atoms in total. The van der Waals surface area contributed by atoms with Gasteiger partial charge in [-0.15, -0.1) is 0 Å². The maximum Gasteiger partial charge on any atom is 0.404 e. The molecule has 2 rings (SSSR count). The molecule has 0 unspecified atom stereocenters. The molecule has 0 heterocycles. The van der Waals surface area contributed by atoms with Gasteiger partial charge in [-0.3, -0.25) is 4.79 Å². The molecule has 0 bridgehead atoms. The molecule has 2 aromatic rings. The zero-order valence-electron chi connectivity index (χ0n) is 13.5. The minimum absolute atomic E-state index is 0.0218. The minimum Gasteiger partial charge on any atom is -0.465 e. The zero-order chi connectivity index (χ0) is 17.2. The molecule has 126 valence electrons. The van der Waals surface area contributed by atoms with E-state index in [2.05, 4.69) is 10.6 Å². The average molecular weight is 326 g/mol. The van der Waals surface area contributed by atoms with Gasteiger partial charge < -0.3 is 15.7 Å². The highest BCUT2D eigenvalue weighted by Crippen LogP contribution is 2.22. The maximum atomic E-state index is 12.0. The summed E-state index contributed by atoms with van der Waals surface area (Å²) in [7, 11) is 0. The van der Waals surface area contributed by atoms with Crippen molar-refractivity contribution in [3.8, 4) is 11.1 Å². The fourth-order valence-corrected chi connectivity index (χ4v) is 2.41. The zero-order valence-corrected chi connectivity index (χ0v) is 13.5. The van der Waals surface area contributed by atoms with Crippen molar-refractivity contribution >= 4 is 17.7 Å². The number of benzene rings is 2. The molecule has 0 saturated carbocycles. The van der Waals surface area contributed by atoms with E-state index in [1.807, 2.05) is 54.6 Å². The lowest BCUT2D eigenvalue weighted by molar-refractivity contribution is -0.116. The van der Waals surface area contributed by atoms with Gasteiger partial charge in [0.25, 0.3) is 0 Å². The monoisotopic (exact) mass is 326 g/mol. The van der Waals surface area contributed by atoms with Crippen molar-refractivity contribution in [3.63, 3.8) is 0 Å². The predicted octanol–water partition coefficient (Wildman–Crippen LogP) is 4.12. The highest BCUT2D eigenvalue weighted by molar-refractivity contribution is 5.91. The molecule has 2 aromatic carbocycles. The van der Waals surface area contributed by atoms with E-state index in [-0.39, 0.29) is 5.91 Å². The summed E-state index contributed by atoms with van der Waals surface area (Å²) in [4.78, 5) is 22.3. The first-order chi connectivity index (χ1) is 11.6. The van der Waals surface area contributed by atoms with Gasteiger partial charge in [0.1, 0.15) is 0 Å². The van der Waals surface area contributed by atoms with Crippen molar-refractivity contribution in [1.29, 1.82) is 0 Å². The predicted molar refractivity (Wildman–Crippen MR) is 95.0 cm³/mol. The molecular weight excluding hydrogens is 304 g/mol. The number of carbonyl (C=O) groups excluding carboxylic acids is 1. The number of nitrogens with one attached hydrogen (secondary N) is 2. The molecule has 0 saturated heterocycles. The number of amides is 2. The summed E-state index contributed by atoms with van der Waals surface area (Å²) in [6, 6.07) is 17.8. The fraction of sp³-hybridized carbons (Fsp3) is 0.263. The molecule has 0 aliphatic rings. The van der Waals surface area contributed by atoms with Crippen LogP contribution in [0.4, 0.5) is 10.5 Å². The highest BCUT2D eigenvalue weighted by atomic mass is 16.4. The number of carboxylic acid groups (broad SMARTS) is 1. The van der Waals surface area contributed by atoms with E-state index < -0.39 is 6.09 Å². The van der Waals surface area contributed by atoms with E-state index in [4.69, 9.17) is 5.11 Å². The van der Waals surface area contributed by atoms with Gasteiger partial charge in [-0.1, -0.05) is 48.9 Å². The number of rotatable bonds is 8. The van der Waals surface area contributed by atoms with Crippen LogP contribution in [-0.4, -0.2) is 23.7 Å². The highest BCUT2D eigenvalue weighted by Gasteiger charge is 2.04. The normalized spacial score (nSPS) is 10.2. The van der Waals surface area contributed by atoms with Crippen molar-refractivity contribution in [2.75, 3.05) is 11.9 Å². The van der Waals surface area contributed by atoms with E-state index in [1.54, 1.807) is 0 Å². The molecule has 0 aliphatic carbocycles. The van der Waals surface area contributed by atoms with Crippen LogP contribution < -0.4 is 10.6 Å². The van der Waals surface area contributed by atoms with Crippen LogP contribution in [0.5, 0.6) is 0 Å². The number of carbonyl (C=O) groups is 2. The van der Waals surface area contributed by atoms with Crippen LogP contribution in [-0.2, 0) is 4.79 Å². The Bertz CT molecular complexity index is 671. The van der Waals surface area contributed by atoms with Gasteiger partial charge in [-0.2, -0.15) is 0 Å². The van der Waals surface area contributed by atoms with Crippen molar-refractivity contribution in [1.82, 2.24) is 5.32 Å². The van der Waals surface area contributed by atoms with Crippen LogP contribution in [0.2, 0.25) is 0 Å². The molecular formula is C19H22N2O3. The number of anilines is 1. The number of hydrogen-bond donors (Lipinski definition) is 3. The van der Waals surface area contributed by atoms with Gasteiger partial charge in [0, 0.05) is 18.7 Å². The fourth-order valence-electron chi connectivity index (χ4n) is 2.41. The Morgan fingerprint density at radius 3 is 2.38 bits per heavy atom. The van der Waals surface area contributed by atoms with E-state index >= 15 is 0 Å². The van der Waals surface area contributed by atoms with Crippen LogP contribution in [0.15, 0.2) is 54.6 Å². The topological polar surface area (TPSA) is 78.4 Å². The van der Waals surface area contributed by atoms with Gasteiger partial charge >= 0.3 is 6.09 Å². The smallest absolute Gasteiger partial charge is 0.404 e. The van der Waals surface area contributed by atoms with Gasteiger partial charge in [0.05, 0.1) is 0 Å². The lowest BCUT2D eigenvalue weighted by Crippen LogP contribution is -2.21. The van der Waals surface area contributed by atoms with Crippen LogP contribution in [0, 0.1) is 0 Å². The van der Waals surface area contributed by atoms with Gasteiger partial charge in [0.15, 0.2) is 0 Å². The molecule has 0 atom stereocenters. The maximum absolute atomic E-state index is 12.0. The second-order valence-electron chi connectivity index (χ2n) is 5.54. The summed E-state index contributed by atoms with van der Waals surface area (Å²) in [5.74, 6) is -0.0218. The molecule has 0 aliphatic heterocycles.